The zero-order valence-electron chi connectivity index (χ0n) is 18.7. The van der Waals surface area contributed by atoms with Crippen molar-refractivity contribution in [3.8, 4) is 11.5 Å². The number of carbonyl (C=O) groups is 1. The second kappa shape index (κ2) is 9.15. The second-order valence-corrected chi connectivity index (χ2v) is 7.91. The lowest BCUT2D eigenvalue weighted by molar-refractivity contribution is -0.116. The number of anilines is 1. The highest BCUT2D eigenvalue weighted by molar-refractivity contribution is 5.90. The van der Waals surface area contributed by atoms with Crippen LogP contribution in [0.2, 0.25) is 0 Å². The molecule has 2 aromatic carbocycles. The number of benzene rings is 2. The minimum atomic E-state index is -0.424. The first kappa shape index (κ1) is 22.1. The van der Waals surface area contributed by atoms with Gasteiger partial charge in [0, 0.05) is 32.7 Å². The molecule has 4 rings (SSSR count). The van der Waals surface area contributed by atoms with Crippen LogP contribution >= 0.6 is 0 Å². The van der Waals surface area contributed by atoms with Crippen LogP contribution < -0.4 is 21.3 Å². The molecule has 0 bridgehead atoms. The number of fused-ring (bicyclic) bond motifs is 1. The fraction of sp³-hybridized carbons (Fsp3) is 0.250. The normalized spacial score (nSPS) is 11.0. The molecule has 0 fully saturated rings. The van der Waals surface area contributed by atoms with Gasteiger partial charge in [0.1, 0.15) is 11.5 Å². The first-order valence-electron chi connectivity index (χ1n) is 10.6. The number of nitrogens with one attached hydrogen (secondary N) is 1. The van der Waals surface area contributed by atoms with E-state index in [0.29, 0.717) is 35.6 Å². The van der Waals surface area contributed by atoms with Gasteiger partial charge in [0.2, 0.25) is 5.91 Å². The molecule has 4 aromatic rings. The van der Waals surface area contributed by atoms with Crippen LogP contribution in [0, 0.1) is 6.92 Å². The van der Waals surface area contributed by atoms with Gasteiger partial charge in [-0.05, 0) is 49.7 Å². The Morgan fingerprint density at radius 1 is 0.970 bits per heavy atom. The quantitative estimate of drug-likeness (QED) is 0.470. The maximum atomic E-state index is 12.5. The number of aryl methyl sites for hydroxylation is 3. The van der Waals surface area contributed by atoms with Crippen molar-refractivity contribution in [3.05, 3.63) is 81.3 Å². The van der Waals surface area contributed by atoms with E-state index in [4.69, 9.17) is 4.74 Å². The largest absolute Gasteiger partial charge is 0.457 e. The average molecular weight is 447 g/mol. The molecule has 0 saturated heterocycles. The molecule has 0 saturated carbocycles. The highest BCUT2D eigenvalue weighted by Gasteiger charge is 2.14. The van der Waals surface area contributed by atoms with Gasteiger partial charge in [-0.15, -0.1) is 0 Å². The van der Waals surface area contributed by atoms with Crippen LogP contribution in [-0.2, 0) is 25.4 Å². The van der Waals surface area contributed by atoms with E-state index in [-0.39, 0.29) is 12.3 Å². The molecule has 0 radical (unpaired) electrons. The van der Waals surface area contributed by atoms with Crippen LogP contribution in [0.4, 0.5) is 5.69 Å². The number of nitrogens with zero attached hydrogens (tertiary/aromatic N) is 4. The molecule has 2 aromatic heterocycles. The number of hydrogen-bond donors (Lipinski definition) is 1. The molecule has 2 heterocycles. The van der Waals surface area contributed by atoms with Crippen molar-refractivity contribution in [1.82, 2.24) is 18.7 Å². The Bertz CT molecular complexity index is 1410. The van der Waals surface area contributed by atoms with Crippen LogP contribution in [-0.4, -0.2) is 24.6 Å². The predicted molar refractivity (Wildman–Crippen MR) is 126 cm³/mol. The van der Waals surface area contributed by atoms with Gasteiger partial charge in [-0.2, -0.15) is 0 Å². The summed E-state index contributed by atoms with van der Waals surface area (Å²) in [7, 11) is 3.01. The zero-order chi connectivity index (χ0) is 23.5. The maximum Gasteiger partial charge on any atom is 0.332 e. The Morgan fingerprint density at radius 2 is 1.61 bits per heavy atom. The number of rotatable bonds is 7. The van der Waals surface area contributed by atoms with Crippen molar-refractivity contribution in [2.75, 3.05) is 5.32 Å². The lowest BCUT2D eigenvalue weighted by Gasteiger charge is -2.09. The molecule has 1 N–H and O–H groups in total. The number of imidazole rings is 1. The number of aromatic nitrogens is 4. The molecule has 0 aliphatic heterocycles. The Morgan fingerprint density at radius 3 is 2.27 bits per heavy atom. The fourth-order valence-corrected chi connectivity index (χ4v) is 3.55. The summed E-state index contributed by atoms with van der Waals surface area (Å²) in [5, 5.41) is 2.86. The summed E-state index contributed by atoms with van der Waals surface area (Å²) in [6.07, 6.45) is 2.31. The summed E-state index contributed by atoms with van der Waals surface area (Å²) in [5.41, 5.74) is 1.70. The Balaban J connectivity index is 1.33. The van der Waals surface area contributed by atoms with E-state index in [1.165, 1.54) is 17.9 Å². The van der Waals surface area contributed by atoms with Gasteiger partial charge in [-0.3, -0.25) is 18.7 Å². The van der Waals surface area contributed by atoms with E-state index in [1.54, 1.807) is 35.9 Å². The topological polar surface area (TPSA) is 100 Å². The van der Waals surface area contributed by atoms with Gasteiger partial charge in [0.05, 0.1) is 6.33 Å². The van der Waals surface area contributed by atoms with Gasteiger partial charge in [-0.1, -0.05) is 17.7 Å². The number of amides is 1. The number of ether oxygens (including phenoxy) is 1. The molecule has 9 heteroatoms. The van der Waals surface area contributed by atoms with Gasteiger partial charge in [-0.25, -0.2) is 9.78 Å². The third-order valence-corrected chi connectivity index (χ3v) is 5.41. The van der Waals surface area contributed by atoms with Crippen molar-refractivity contribution in [2.45, 2.75) is 26.3 Å². The highest BCUT2D eigenvalue weighted by atomic mass is 16.5. The molecule has 170 valence electrons. The van der Waals surface area contributed by atoms with Crippen molar-refractivity contribution < 1.29 is 9.53 Å². The molecule has 1 amide bonds. The molecule has 0 atom stereocenters. The van der Waals surface area contributed by atoms with Crippen molar-refractivity contribution >= 4 is 22.8 Å². The fourth-order valence-electron chi connectivity index (χ4n) is 3.55. The summed E-state index contributed by atoms with van der Waals surface area (Å²) >= 11 is 0. The first-order valence-corrected chi connectivity index (χ1v) is 10.6. The van der Waals surface area contributed by atoms with E-state index in [2.05, 4.69) is 10.3 Å². The summed E-state index contributed by atoms with van der Waals surface area (Å²) in [5.74, 6) is 1.30. The molecule has 33 heavy (non-hydrogen) atoms. The number of carbonyl (C=O) groups excluding carboxylic acids is 1. The van der Waals surface area contributed by atoms with E-state index in [9.17, 15) is 14.4 Å². The summed E-state index contributed by atoms with van der Waals surface area (Å²) < 4.78 is 9.88. The van der Waals surface area contributed by atoms with E-state index < -0.39 is 11.2 Å². The van der Waals surface area contributed by atoms with Gasteiger partial charge in [0.25, 0.3) is 5.56 Å². The molecule has 0 aliphatic rings. The average Bonchev–Trinajstić information content (AvgIpc) is 3.23. The first-order chi connectivity index (χ1) is 15.8. The van der Waals surface area contributed by atoms with Crippen LogP contribution in [0.3, 0.4) is 0 Å². The predicted octanol–water partition coefficient (Wildman–Crippen LogP) is 2.95. The zero-order valence-corrected chi connectivity index (χ0v) is 18.7. The molecule has 0 spiro atoms. The molecular formula is C24H25N5O4. The third-order valence-electron chi connectivity index (χ3n) is 5.41. The molecule has 9 nitrogen and oxygen atoms in total. The summed E-state index contributed by atoms with van der Waals surface area (Å²) in [6.45, 7) is 2.45. The standard InChI is InChI=1S/C24H25N5O4/c1-16-6-10-18(11-7-16)33-19-12-8-17(9-13-19)26-20(30)5-4-14-29-15-25-22-21(29)23(31)28(3)24(32)27(22)2/h6-13,15H,4-5,14H2,1-3H3,(H,26,30). The summed E-state index contributed by atoms with van der Waals surface area (Å²) in [4.78, 5) is 41.1. The SMILES string of the molecule is Cc1ccc(Oc2ccc(NC(=O)CCCn3cnc4c3c(=O)n(C)c(=O)n4C)cc2)cc1. The monoisotopic (exact) mass is 447 g/mol. The van der Waals surface area contributed by atoms with Crippen molar-refractivity contribution in [1.29, 1.82) is 0 Å². The minimum Gasteiger partial charge on any atom is -0.457 e. The lowest BCUT2D eigenvalue weighted by Crippen LogP contribution is -2.37. The van der Waals surface area contributed by atoms with Crippen LogP contribution in [0.25, 0.3) is 11.2 Å². The Hall–Kier alpha value is -4.14. The van der Waals surface area contributed by atoms with Crippen molar-refractivity contribution in [2.24, 2.45) is 14.1 Å². The summed E-state index contributed by atoms with van der Waals surface area (Å²) in [6, 6.07) is 14.9. The van der Waals surface area contributed by atoms with Crippen LogP contribution in [0.15, 0.2) is 64.4 Å². The van der Waals surface area contributed by atoms with E-state index in [0.717, 1.165) is 15.9 Å². The molecular weight excluding hydrogens is 422 g/mol. The minimum absolute atomic E-state index is 0.132. The number of hydrogen-bond acceptors (Lipinski definition) is 5. The van der Waals surface area contributed by atoms with Gasteiger partial charge in [0.15, 0.2) is 11.2 Å². The maximum absolute atomic E-state index is 12.5. The lowest BCUT2D eigenvalue weighted by atomic mass is 10.2. The van der Waals surface area contributed by atoms with Gasteiger partial charge >= 0.3 is 5.69 Å². The molecule has 0 unspecified atom stereocenters. The van der Waals surface area contributed by atoms with E-state index in [1.807, 2.05) is 31.2 Å². The van der Waals surface area contributed by atoms with Crippen LogP contribution in [0.1, 0.15) is 18.4 Å². The Labute approximate surface area is 189 Å². The smallest absolute Gasteiger partial charge is 0.332 e. The second-order valence-electron chi connectivity index (χ2n) is 7.91. The molecule has 0 aliphatic carbocycles. The Kier molecular flexibility index (Phi) is 6.12. The van der Waals surface area contributed by atoms with Gasteiger partial charge < -0.3 is 14.6 Å². The van der Waals surface area contributed by atoms with E-state index >= 15 is 0 Å². The highest BCUT2D eigenvalue weighted by Crippen LogP contribution is 2.23. The third kappa shape index (κ3) is 4.72. The van der Waals surface area contributed by atoms with Crippen molar-refractivity contribution in [3.63, 3.8) is 0 Å². The van der Waals surface area contributed by atoms with Crippen LogP contribution in [0.5, 0.6) is 11.5 Å².